The number of ether oxygens (including phenoxy) is 1. The molecule has 3 N–H and O–H groups in total. The summed E-state index contributed by atoms with van der Waals surface area (Å²) in [5.41, 5.74) is 0.869. The average molecular weight is 275 g/mol. The largest absolute Gasteiger partial charge is 0.445 e. The van der Waals surface area contributed by atoms with E-state index in [1.807, 2.05) is 30.3 Å². The topological polar surface area (TPSA) is 78.8 Å². The lowest BCUT2D eigenvalue weighted by atomic mass is 10.2. The maximum absolute atomic E-state index is 11.2. The minimum Gasteiger partial charge on any atom is -0.445 e. The molecule has 5 nitrogen and oxygen atoms in total. The summed E-state index contributed by atoms with van der Waals surface area (Å²) in [6.07, 6.45) is -4.14. The molecule has 0 aliphatic carbocycles. The van der Waals surface area contributed by atoms with E-state index in [1.165, 1.54) is 0 Å². The van der Waals surface area contributed by atoms with E-state index in [4.69, 9.17) is 9.84 Å². The summed E-state index contributed by atoms with van der Waals surface area (Å²) in [7, 11) is 0. The van der Waals surface area contributed by atoms with Crippen molar-refractivity contribution in [1.82, 2.24) is 5.32 Å². The Kier molecular flexibility index (Phi) is 5.58. The summed E-state index contributed by atoms with van der Waals surface area (Å²) in [5, 5.41) is 11.0. The van der Waals surface area contributed by atoms with Crippen molar-refractivity contribution in [3.63, 3.8) is 0 Å². The lowest BCUT2D eigenvalue weighted by molar-refractivity contribution is 0.141. The molecule has 0 bridgehead atoms. The fourth-order valence-electron chi connectivity index (χ4n) is 1.01. The van der Waals surface area contributed by atoms with Crippen molar-refractivity contribution in [2.24, 2.45) is 0 Å². The zero-order chi connectivity index (χ0) is 12.7. The molecule has 17 heavy (non-hydrogen) atoms. The molecule has 0 aliphatic rings. The predicted molar refractivity (Wildman–Crippen MR) is 68.2 cm³/mol. The summed E-state index contributed by atoms with van der Waals surface area (Å²) < 4.78 is 4.90. The molecule has 0 fully saturated rings. The monoisotopic (exact) mass is 275 g/mol. The highest BCUT2D eigenvalue weighted by Crippen LogP contribution is 2.37. The van der Waals surface area contributed by atoms with E-state index in [0.29, 0.717) is 0 Å². The minimum absolute atomic E-state index is 0.132. The Morgan fingerprint density at radius 2 is 2.06 bits per heavy atom. The minimum atomic E-state index is -2.85. The van der Waals surface area contributed by atoms with E-state index in [-0.39, 0.29) is 12.9 Å². The van der Waals surface area contributed by atoms with Gasteiger partial charge in [-0.25, -0.2) is 4.79 Å². The molecule has 1 aromatic carbocycles. The Balaban J connectivity index is 2.29. The third-order valence-electron chi connectivity index (χ3n) is 1.90. The van der Waals surface area contributed by atoms with Gasteiger partial charge in [0.05, 0.1) is 12.6 Å². The van der Waals surface area contributed by atoms with Crippen LogP contribution in [0.4, 0.5) is 4.79 Å². The molecule has 1 atom stereocenters. The normalized spacial score (nSPS) is 13.8. The van der Waals surface area contributed by atoms with Crippen LogP contribution < -0.4 is 5.32 Å². The number of aliphatic hydroxyl groups excluding tert-OH is 1. The molecule has 0 saturated heterocycles. The smallest absolute Gasteiger partial charge is 0.407 e. The molecule has 0 spiro atoms. The first-order valence-electron chi connectivity index (χ1n) is 4.90. The number of amides is 1. The lowest BCUT2D eigenvalue weighted by Gasteiger charge is -2.13. The molecule has 0 heterocycles. The van der Waals surface area contributed by atoms with Gasteiger partial charge in [0.1, 0.15) is 12.9 Å². The Hall–Kier alpha value is -0.940. The number of rotatable bonds is 5. The first-order chi connectivity index (χ1) is 8.03. The maximum Gasteiger partial charge on any atom is 0.407 e. The number of carbonyl (C=O) groups is 1. The van der Waals surface area contributed by atoms with E-state index in [9.17, 15) is 9.69 Å². The van der Waals surface area contributed by atoms with Crippen LogP contribution >= 0.6 is 6.26 Å². The predicted octanol–water partition coefficient (Wildman–Crippen LogP) is 1.21. The van der Waals surface area contributed by atoms with Gasteiger partial charge < -0.3 is 20.1 Å². The molecule has 0 radical (unpaired) electrons. The van der Waals surface area contributed by atoms with Gasteiger partial charge in [0, 0.05) is 0 Å². The highest BCUT2D eigenvalue weighted by molar-refractivity contribution is 8.11. The number of carbonyl (C=O) groups excluding carboxylic acids is 1. The fourth-order valence-corrected chi connectivity index (χ4v) is 1.68. The van der Waals surface area contributed by atoms with Crippen LogP contribution in [0.25, 0.3) is 0 Å². The Bertz CT molecular complexity index is 412. The number of hydrogen-bond acceptors (Lipinski definition) is 4. The molecule has 1 rings (SSSR count). The Morgan fingerprint density at radius 3 is 2.65 bits per heavy atom. The van der Waals surface area contributed by atoms with E-state index in [1.54, 1.807) is 0 Å². The first-order valence-corrected chi connectivity index (χ1v) is 8.02. The van der Waals surface area contributed by atoms with Gasteiger partial charge in [0.2, 0.25) is 0 Å². The van der Waals surface area contributed by atoms with Gasteiger partial charge in [-0.05, 0) is 5.56 Å². The zero-order valence-electron chi connectivity index (χ0n) is 9.07. The number of alkyl carbamates (subject to hydrolysis) is 1. The second kappa shape index (κ2) is 6.71. The van der Waals surface area contributed by atoms with Gasteiger partial charge in [-0.2, -0.15) is 0 Å². The van der Waals surface area contributed by atoms with E-state index in [2.05, 4.69) is 17.1 Å². The third kappa shape index (κ3) is 5.79. The first kappa shape index (κ1) is 14.1. The summed E-state index contributed by atoms with van der Waals surface area (Å²) in [5.74, 6) is 0. The number of hydrogen-bond donors (Lipinski definition) is 3. The lowest BCUT2D eigenvalue weighted by Crippen LogP contribution is -2.25. The SMILES string of the molecule is O=C(NCP(O)(=S)CO)OCc1ccccc1. The Morgan fingerprint density at radius 1 is 1.41 bits per heavy atom. The van der Waals surface area contributed by atoms with Crippen molar-refractivity contribution >= 4 is 24.2 Å². The van der Waals surface area contributed by atoms with Crippen molar-refractivity contribution in [1.29, 1.82) is 0 Å². The highest BCUT2D eigenvalue weighted by atomic mass is 32.4. The van der Waals surface area contributed by atoms with Gasteiger partial charge in [-0.1, -0.05) is 42.1 Å². The van der Waals surface area contributed by atoms with Gasteiger partial charge in [0.25, 0.3) is 0 Å². The molecule has 0 aromatic heterocycles. The third-order valence-corrected chi connectivity index (χ3v) is 3.73. The van der Waals surface area contributed by atoms with E-state index in [0.717, 1.165) is 5.56 Å². The van der Waals surface area contributed by atoms with Gasteiger partial charge in [-0.3, -0.25) is 0 Å². The van der Waals surface area contributed by atoms with Crippen LogP contribution in [0.2, 0.25) is 0 Å². The second-order valence-corrected chi connectivity index (χ2v) is 7.72. The molecule has 94 valence electrons. The summed E-state index contributed by atoms with van der Waals surface area (Å²) in [6.45, 7) is 0.153. The second-order valence-electron chi connectivity index (χ2n) is 3.38. The molecule has 1 amide bonds. The average Bonchev–Trinajstić information content (AvgIpc) is 2.35. The summed E-state index contributed by atoms with van der Waals surface area (Å²) in [4.78, 5) is 20.6. The number of aliphatic hydroxyl groups is 1. The van der Waals surface area contributed by atoms with Crippen molar-refractivity contribution < 1.29 is 19.5 Å². The van der Waals surface area contributed by atoms with Crippen molar-refractivity contribution in [2.45, 2.75) is 6.61 Å². The number of nitrogens with one attached hydrogen (secondary N) is 1. The van der Waals surface area contributed by atoms with E-state index >= 15 is 0 Å². The van der Waals surface area contributed by atoms with Crippen LogP contribution in [0.5, 0.6) is 0 Å². The van der Waals surface area contributed by atoms with Crippen LogP contribution in [-0.4, -0.2) is 28.7 Å². The quantitative estimate of drug-likeness (QED) is 0.704. The van der Waals surface area contributed by atoms with Crippen LogP contribution in [0, 0.1) is 0 Å². The molecule has 0 aliphatic heterocycles. The fraction of sp³-hybridized carbons (Fsp3) is 0.300. The number of benzene rings is 1. The van der Waals surface area contributed by atoms with Crippen LogP contribution in [0.1, 0.15) is 5.56 Å². The van der Waals surface area contributed by atoms with Crippen molar-refractivity contribution in [3.8, 4) is 0 Å². The zero-order valence-corrected chi connectivity index (χ0v) is 10.8. The van der Waals surface area contributed by atoms with Crippen LogP contribution in [0.3, 0.4) is 0 Å². The van der Waals surface area contributed by atoms with Gasteiger partial charge in [0.15, 0.2) is 0 Å². The summed E-state index contributed by atoms with van der Waals surface area (Å²) in [6, 6.07) is 9.22. The standard InChI is InChI=1S/C10H14NO4PS/c12-8-16(14,17)7-11-10(13)15-6-9-4-2-1-3-5-9/h1-5,12H,6-8H2,(H,11,13)(H,14,17). The molecule has 1 unspecified atom stereocenters. The van der Waals surface area contributed by atoms with Gasteiger partial charge in [-0.15, -0.1) is 0 Å². The molecule has 7 heteroatoms. The van der Waals surface area contributed by atoms with Crippen molar-refractivity contribution in [2.75, 3.05) is 12.6 Å². The molecular weight excluding hydrogens is 261 g/mol. The molecular formula is C10H14NO4PS. The van der Waals surface area contributed by atoms with Crippen LogP contribution in [-0.2, 0) is 23.2 Å². The molecule has 0 saturated carbocycles. The Labute approximate surface area is 105 Å². The van der Waals surface area contributed by atoms with Crippen molar-refractivity contribution in [3.05, 3.63) is 35.9 Å². The molecule has 1 aromatic rings. The van der Waals surface area contributed by atoms with Gasteiger partial charge >= 0.3 is 6.09 Å². The van der Waals surface area contributed by atoms with Crippen LogP contribution in [0.15, 0.2) is 30.3 Å². The maximum atomic E-state index is 11.2. The summed E-state index contributed by atoms with van der Waals surface area (Å²) >= 11 is 4.69. The van der Waals surface area contributed by atoms with E-state index < -0.39 is 18.7 Å². The highest BCUT2D eigenvalue weighted by Gasteiger charge is 2.13.